The lowest BCUT2D eigenvalue weighted by Crippen LogP contribution is -2.39. The summed E-state index contributed by atoms with van der Waals surface area (Å²) in [5.41, 5.74) is 5.92. The van der Waals surface area contributed by atoms with Crippen molar-refractivity contribution in [2.75, 3.05) is 0 Å². The Morgan fingerprint density at radius 3 is 2.81 bits per heavy atom. The van der Waals surface area contributed by atoms with Crippen LogP contribution in [0.4, 0.5) is 0 Å². The van der Waals surface area contributed by atoms with Gasteiger partial charge in [0.2, 0.25) is 0 Å². The summed E-state index contributed by atoms with van der Waals surface area (Å²) in [6, 6.07) is 1.49. The van der Waals surface area contributed by atoms with Gasteiger partial charge in [0.05, 0.1) is 6.04 Å². The summed E-state index contributed by atoms with van der Waals surface area (Å²) in [6.45, 7) is 2.22. The lowest BCUT2D eigenvalue weighted by molar-refractivity contribution is 0.312. The van der Waals surface area contributed by atoms with Crippen LogP contribution in [0.5, 0.6) is 0 Å². The molecular formula is C12H21N3S. The third-order valence-electron chi connectivity index (χ3n) is 3.37. The molecule has 1 aliphatic carbocycles. The largest absolute Gasteiger partial charge is 0.328 e. The average molecular weight is 239 g/mol. The molecular weight excluding hydrogens is 218 g/mol. The van der Waals surface area contributed by atoms with Gasteiger partial charge < -0.3 is 11.1 Å². The third kappa shape index (κ3) is 3.03. The van der Waals surface area contributed by atoms with Gasteiger partial charge in [-0.25, -0.2) is 4.98 Å². The third-order valence-corrected chi connectivity index (χ3v) is 4.26. The summed E-state index contributed by atoms with van der Waals surface area (Å²) in [5, 5.41) is 6.99. The molecule has 4 heteroatoms. The molecule has 0 radical (unpaired) electrons. The van der Waals surface area contributed by atoms with Crippen LogP contribution in [0.25, 0.3) is 0 Å². The van der Waals surface area contributed by atoms with Gasteiger partial charge in [0.15, 0.2) is 0 Å². The van der Waals surface area contributed by atoms with E-state index >= 15 is 0 Å². The second-order valence-corrected chi connectivity index (χ2v) is 5.54. The molecule has 3 N–H and O–H groups in total. The number of hydrogen-bond acceptors (Lipinski definition) is 4. The number of nitrogens with one attached hydrogen (secondary N) is 1. The zero-order valence-corrected chi connectivity index (χ0v) is 10.7. The molecule has 1 saturated carbocycles. The van der Waals surface area contributed by atoms with Crippen LogP contribution in [0.3, 0.4) is 0 Å². The van der Waals surface area contributed by atoms with Gasteiger partial charge in [-0.05, 0) is 32.1 Å². The van der Waals surface area contributed by atoms with Gasteiger partial charge >= 0.3 is 0 Å². The van der Waals surface area contributed by atoms with Crippen molar-refractivity contribution < 1.29 is 0 Å². The highest BCUT2D eigenvalue weighted by Crippen LogP contribution is 2.24. The standard InChI is InChI=1S/C12H21N3S/c1-2-11(12-14-7-8-16-12)15-10-5-3-9(13)4-6-10/h7-11,15H,2-6,13H2,1H3. The van der Waals surface area contributed by atoms with Crippen LogP contribution in [0.15, 0.2) is 11.6 Å². The quantitative estimate of drug-likeness (QED) is 0.848. The van der Waals surface area contributed by atoms with E-state index in [-0.39, 0.29) is 0 Å². The topological polar surface area (TPSA) is 50.9 Å². The molecule has 0 aliphatic heterocycles. The highest BCUT2D eigenvalue weighted by Gasteiger charge is 2.22. The molecule has 3 nitrogen and oxygen atoms in total. The fourth-order valence-electron chi connectivity index (χ4n) is 2.34. The van der Waals surface area contributed by atoms with Crippen molar-refractivity contribution in [1.29, 1.82) is 0 Å². The van der Waals surface area contributed by atoms with Crippen molar-refractivity contribution in [1.82, 2.24) is 10.3 Å². The number of aromatic nitrogens is 1. The maximum atomic E-state index is 5.92. The van der Waals surface area contributed by atoms with Crippen LogP contribution in [0, 0.1) is 0 Å². The van der Waals surface area contributed by atoms with Crippen molar-refractivity contribution >= 4 is 11.3 Å². The molecule has 0 saturated heterocycles. The maximum Gasteiger partial charge on any atom is 0.109 e. The molecule has 1 fully saturated rings. The van der Waals surface area contributed by atoms with E-state index in [1.807, 2.05) is 6.20 Å². The molecule has 1 unspecified atom stereocenters. The van der Waals surface area contributed by atoms with Crippen LogP contribution < -0.4 is 11.1 Å². The Morgan fingerprint density at radius 2 is 2.25 bits per heavy atom. The number of nitrogens with two attached hydrogens (primary N) is 1. The summed E-state index contributed by atoms with van der Waals surface area (Å²) in [6.07, 6.45) is 7.74. The van der Waals surface area contributed by atoms with Gasteiger partial charge in [0.1, 0.15) is 5.01 Å². The molecule has 1 atom stereocenters. The minimum atomic E-state index is 0.429. The first-order chi connectivity index (χ1) is 7.79. The maximum absolute atomic E-state index is 5.92. The van der Waals surface area contributed by atoms with E-state index < -0.39 is 0 Å². The van der Waals surface area contributed by atoms with Crippen molar-refractivity contribution in [3.8, 4) is 0 Å². The highest BCUT2D eigenvalue weighted by atomic mass is 32.1. The molecule has 1 aliphatic rings. The Hall–Kier alpha value is -0.450. The number of nitrogens with zero attached hydrogens (tertiary/aromatic N) is 1. The Balaban J connectivity index is 1.87. The van der Waals surface area contributed by atoms with E-state index in [0.29, 0.717) is 18.1 Å². The van der Waals surface area contributed by atoms with Crippen molar-refractivity contribution in [3.05, 3.63) is 16.6 Å². The number of thiazole rings is 1. The molecule has 0 bridgehead atoms. The number of rotatable bonds is 4. The van der Waals surface area contributed by atoms with E-state index in [4.69, 9.17) is 5.73 Å². The first-order valence-electron chi connectivity index (χ1n) is 6.20. The predicted octanol–water partition coefficient (Wildman–Crippen LogP) is 2.45. The van der Waals surface area contributed by atoms with E-state index in [2.05, 4.69) is 22.6 Å². The molecule has 90 valence electrons. The normalized spacial score (nSPS) is 27.9. The van der Waals surface area contributed by atoms with E-state index in [0.717, 1.165) is 19.3 Å². The van der Waals surface area contributed by atoms with Gasteiger partial charge in [-0.3, -0.25) is 0 Å². The summed E-state index contributed by atoms with van der Waals surface area (Å²) < 4.78 is 0. The van der Waals surface area contributed by atoms with E-state index in [1.165, 1.54) is 17.8 Å². The van der Waals surface area contributed by atoms with Crippen molar-refractivity contribution in [3.63, 3.8) is 0 Å². The van der Waals surface area contributed by atoms with Crippen molar-refractivity contribution in [2.45, 2.75) is 57.2 Å². The fraction of sp³-hybridized carbons (Fsp3) is 0.750. The SMILES string of the molecule is CCC(NC1CCC(N)CC1)c1nccs1. The van der Waals surface area contributed by atoms with Crippen LogP contribution >= 0.6 is 11.3 Å². The minimum absolute atomic E-state index is 0.429. The van der Waals surface area contributed by atoms with Gasteiger partial charge in [-0.2, -0.15) is 0 Å². The second kappa shape index (κ2) is 5.75. The minimum Gasteiger partial charge on any atom is -0.328 e. The van der Waals surface area contributed by atoms with Crippen LogP contribution in [-0.2, 0) is 0 Å². The van der Waals surface area contributed by atoms with Gasteiger partial charge in [0, 0.05) is 23.7 Å². The average Bonchev–Trinajstić information content (AvgIpc) is 2.82. The highest BCUT2D eigenvalue weighted by molar-refractivity contribution is 7.09. The summed E-state index contributed by atoms with van der Waals surface area (Å²) in [4.78, 5) is 4.40. The summed E-state index contributed by atoms with van der Waals surface area (Å²) >= 11 is 1.75. The fourth-order valence-corrected chi connectivity index (χ4v) is 3.12. The molecule has 1 heterocycles. The molecule has 0 amide bonds. The predicted molar refractivity (Wildman–Crippen MR) is 68.5 cm³/mol. The van der Waals surface area contributed by atoms with Crippen LogP contribution in [0.2, 0.25) is 0 Å². The Labute approximate surface area is 101 Å². The lowest BCUT2D eigenvalue weighted by atomic mass is 9.91. The van der Waals surface area contributed by atoms with E-state index in [9.17, 15) is 0 Å². The van der Waals surface area contributed by atoms with Gasteiger partial charge in [-0.1, -0.05) is 6.92 Å². The van der Waals surface area contributed by atoms with Gasteiger partial charge in [-0.15, -0.1) is 11.3 Å². The number of hydrogen-bond donors (Lipinski definition) is 2. The zero-order chi connectivity index (χ0) is 11.4. The second-order valence-electron chi connectivity index (χ2n) is 4.61. The smallest absolute Gasteiger partial charge is 0.109 e. The first kappa shape index (κ1) is 12.0. The lowest BCUT2D eigenvalue weighted by Gasteiger charge is -2.29. The first-order valence-corrected chi connectivity index (χ1v) is 7.08. The zero-order valence-electron chi connectivity index (χ0n) is 9.86. The molecule has 16 heavy (non-hydrogen) atoms. The summed E-state index contributed by atoms with van der Waals surface area (Å²) in [7, 11) is 0. The Morgan fingerprint density at radius 1 is 1.50 bits per heavy atom. The molecule has 1 aromatic heterocycles. The van der Waals surface area contributed by atoms with Crippen LogP contribution in [0.1, 0.15) is 50.1 Å². The Bertz CT molecular complexity index is 291. The van der Waals surface area contributed by atoms with E-state index in [1.54, 1.807) is 11.3 Å². The monoisotopic (exact) mass is 239 g/mol. The summed E-state index contributed by atoms with van der Waals surface area (Å²) in [5.74, 6) is 0. The Kier molecular flexibility index (Phi) is 4.32. The molecule has 1 aromatic rings. The van der Waals surface area contributed by atoms with Crippen LogP contribution in [-0.4, -0.2) is 17.1 Å². The van der Waals surface area contributed by atoms with Gasteiger partial charge in [0.25, 0.3) is 0 Å². The van der Waals surface area contributed by atoms with Crippen molar-refractivity contribution in [2.24, 2.45) is 5.73 Å². The molecule has 0 aromatic carbocycles. The molecule has 0 spiro atoms. The molecule has 2 rings (SSSR count).